The molecule has 1 rings (SSSR count). The van der Waals surface area contributed by atoms with Gasteiger partial charge < -0.3 is 20.5 Å². The molecule has 0 radical (unpaired) electrons. The molecule has 0 spiro atoms. The first-order valence-corrected chi connectivity index (χ1v) is 4.95. The van der Waals surface area contributed by atoms with Crippen LogP contribution in [-0.4, -0.2) is 43.8 Å². The summed E-state index contributed by atoms with van der Waals surface area (Å²) in [6, 6.07) is -1.29. The molecule has 3 N–H and O–H groups in total. The fraction of sp³-hybridized carbons (Fsp3) is 0.778. The van der Waals surface area contributed by atoms with E-state index in [4.69, 9.17) is 10.5 Å². The highest BCUT2D eigenvalue weighted by Gasteiger charge is 2.26. The number of hydrogen-bond donors (Lipinski definition) is 2. The molecule has 6 heteroatoms. The second kappa shape index (κ2) is 5.67. The zero-order valence-corrected chi connectivity index (χ0v) is 8.69. The molecule has 0 saturated carbocycles. The van der Waals surface area contributed by atoms with Crippen molar-refractivity contribution in [2.24, 2.45) is 5.73 Å². The van der Waals surface area contributed by atoms with E-state index in [1.54, 1.807) is 6.92 Å². The molecule has 6 nitrogen and oxygen atoms in total. The van der Waals surface area contributed by atoms with Crippen LogP contribution < -0.4 is 11.1 Å². The van der Waals surface area contributed by atoms with Gasteiger partial charge in [-0.15, -0.1) is 0 Å². The maximum atomic E-state index is 11.4. The first kappa shape index (κ1) is 11.9. The molecule has 0 aromatic rings. The van der Waals surface area contributed by atoms with E-state index in [9.17, 15) is 9.59 Å². The topological polar surface area (TPSA) is 90.7 Å². The molecule has 2 atom stereocenters. The van der Waals surface area contributed by atoms with E-state index < -0.39 is 17.9 Å². The fourth-order valence-electron chi connectivity index (χ4n) is 1.28. The normalized spacial score (nSPS) is 22.1. The molecule has 0 aromatic heterocycles. The summed E-state index contributed by atoms with van der Waals surface area (Å²) in [4.78, 5) is 22.5. The Balaban J connectivity index is 2.34. The maximum Gasteiger partial charge on any atom is 0.332 e. The number of nitrogens with two attached hydrogens (primary N) is 1. The van der Waals surface area contributed by atoms with Crippen molar-refractivity contribution in [3.8, 4) is 0 Å². The Labute approximate surface area is 88.1 Å². The Morgan fingerprint density at radius 2 is 2.40 bits per heavy atom. The standard InChI is InChI=1S/C9H16N2O4/c1-2-15-9(13)7(10)8(12)11-6-3-4-14-5-6/h6-7H,2-5,10H2,1H3,(H,11,12). The van der Waals surface area contributed by atoms with E-state index in [-0.39, 0.29) is 12.6 Å². The third-order valence-electron chi connectivity index (χ3n) is 2.10. The number of nitrogens with one attached hydrogen (secondary N) is 1. The van der Waals surface area contributed by atoms with Crippen LogP contribution in [0.1, 0.15) is 13.3 Å². The Morgan fingerprint density at radius 3 is 2.93 bits per heavy atom. The number of ether oxygens (including phenoxy) is 2. The number of carbonyl (C=O) groups excluding carboxylic acids is 2. The molecule has 1 aliphatic rings. The van der Waals surface area contributed by atoms with Crippen LogP contribution >= 0.6 is 0 Å². The van der Waals surface area contributed by atoms with Gasteiger partial charge in [0.1, 0.15) is 0 Å². The molecule has 86 valence electrons. The van der Waals surface area contributed by atoms with Crippen molar-refractivity contribution < 1.29 is 19.1 Å². The van der Waals surface area contributed by atoms with Gasteiger partial charge in [0.25, 0.3) is 0 Å². The Bertz CT molecular complexity index is 238. The minimum Gasteiger partial charge on any atom is -0.464 e. The van der Waals surface area contributed by atoms with Crippen LogP contribution in [0.15, 0.2) is 0 Å². The average Bonchev–Trinajstić information content (AvgIpc) is 2.69. The van der Waals surface area contributed by atoms with Crippen molar-refractivity contribution in [1.29, 1.82) is 0 Å². The summed E-state index contributed by atoms with van der Waals surface area (Å²) in [5.41, 5.74) is 5.40. The molecule has 15 heavy (non-hydrogen) atoms. The Kier molecular flexibility index (Phi) is 4.51. The van der Waals surface area contributed by atoms with Gasteiger partial charge in [0, 0.05) is 6.61 Å². The van der Waals surface area contributed by atoms with Crippen LogP contribution in [-0.2, 0) is 19.1 Å². The van der Waals surface area contributed by atoms with Gasteiger partial charge in [0.05, 0.1) is 19.3 Å². The summed E-state index contributed by atoms with van der Waals surface area (Å²) in [7, 11) is 0. The van der Waals surface area contributed by atoms with Gasteiger partial charge in [-0.05, 0) is 13.3 Å². The quantitative estimate of drug-likeness (QED) is 0.454. The van der Waals surface area contributed by atoms with Crippen LogP contribution in [0.2, 0.25) is 0 Å². The number of rotatable bonds is 4. The van der Waals surface area contributed by atoms with Crippen molar-refractivity contribution in [2.75, 3.05) is 19.8 Å². The second-order valence-electron chi connectivity index (χ2n) is 3.30. The number of carbonyl (C=O) groups is 2. The molecule has 1 aliphatic heterocycles. The van der Waals surface area contributed by atoms with E-state index in [1.165, 1.54) is 0 Å². The molecule has 1 amide bonds. The van der Waals surface area contributed by atoms with Crippen LogP contribution in [0.5, 0.6) is 0 Å². The van der Waals surface area contributed by atoms with E-state index in [1.807, 2.05) is 0 Å². The lowest BCUT2D eigenvalue weighted by Gasteiger charge is -2.14. The van der Waals surface area contributed by atoms with Crippen molar-refractivity contribution in [1.82, 2.24) is 5.32 Å². The SMILES string of the molecule is CCOC(=O)C(N)C(=O)NC1CCOC1. The van der Waals surface area contributed by atoms with Gasteiger partial charge in [-0.2, -0.15) is 0 Å². The summed E-state index contributed by atoms with van der Waals surface area (Å²) >= 11 is 0. The molecule has 1 fully saturated rings. The third-order valence-corrected chi connectivity index (χ3v) is 2.10. The van der Waals surface area contributed by atoms with Crippen LogP contribution in [0.3, 0.4) is 0 Å². The lowest BCUT2D eigenvalue weighted by molar-refractivity contribution is -0.148. The Hall–Kier alpha value is -1.14. The molecule has 2 unspecified atom stereocenters. The van der Waals surface area contributed by atoms with Crippen molar-refractivity contribution in [3.63, 3.8) is 0 Å². The van der Waals surface area contributed by atoms with Crippen molar-refractivity contribution in [3.05, 3.63) is 0 Å². The summed E-state index contributed by atoms with van der Waals surface area (Å²) in [6.45, 7) is 2.97. The third kappa shape index (κ3) is 3.49. The monoisotopic (exact) mass is 216 g/mol. The maximum absolute atomic E-state index is 11.4. The fourth-order valence-corrected chi connectivity index (χ4v) is 1.28. The van der Waals surface area contributed by atoms with Gasteiger partial charge in [-0.1, -0.05) is 0 Å². The summed E-state index contributed by atoms with van der Waals surface area (Å²) in [5.74, 6) is -1.21. The van der Waals surface area contributed by atoms with E-state index in [0.29, 0.717) is 13.2 Å². The number of esters is 1. The van der Waals surface area contributed by atoms with Crippen LogP contribution in [0.4, 0.5) is 0 Å². The molecular formula is C9H16N2O4. The lowest BCUT2D eigenvalue weighted by atomic mass is 10.2. The Morgan fingerprint density at radius 1 is 1.67 bits per heavy atom. The van der Waals surface area contributed by atoms with Crippen molar-refractivity contribution in [2.45, 2.75) is 25.4 Å². The molecule has 0 aliphatic carbocycles. The van der Waals surface area contributed by atoms with E-state index in [2.05, 4.69) is 10.1 Å². The van der Waals surface area contributed by atoms with E-state index in [0.717, 1.165) is 6.42 Å². The zero-order chi connectivity index (χ0) is 11.3. The van der Waals surface area contributed by atoms with Gasteiger partial charge in [-0.3, -0.25) is 4.79 Å². The summed E-state index contributed by atoms with van der Waals surface area (Å²) < 4.78 is 9.71. The molecular weight excluding hydrogens is 200 g/mol. The molecule has 0 aromatic carbocycles. The van der Waals surface area contributed by atoms with E-state index >= 15 is 0 Å². The predicted molar refractivity (Wildman–Crippen MR) is 52.0 cm³/mol. The highest BCUT2D eigenvalue weighted by atomic mass is 16.5. The highest BCUT2D eigenvalue weighted by Crippen LogP contribution is 2.03. The first-order valence-electron chi connectivity index (χ1n) is 4.95. The molecule has 1 saturated heterocycles. The average molecular weight is 216 g/mol. The van der Waals surface area contributed by atoms with Crippen LogP contribution in [0, 0.1) is 0 Å². The van der Waals surface area contributed by atoms with Crippen LogP contribution in [0.25, 0.3) is 0 Å². The summed E-state index contributed by atoms with van der Waals surface area (Å²) in [6.07, 6.45) is 0.751. The number of hydrogen-bond acceptors (Lipinski definition) is 5. The molecule has 0 bridgehead atoms. The highest BCUT2D eigenvalue weighted by molar-refractivity contribution is 6.01. The van der Waals surface area contributed by atoms with Gasteiger partial charge in [-0.25, -0.2) is 4.79 Å². The predicted octanol–water partition coefficient (Wildman–Crippen LogP) is -1.22. The molecule has 1 heterocycles. The van der Waals surface area contributed by atoms with Gasteiger partial charge in [0.15, 0.2) is 6.04 Å². The second-order valence-corrected chi connectivity index (χ2v) is 3.30. The largest absolute Gasteiger partial charge is 0.464 e. The first-order chi connectivity index (χ1) is 7.15. The van der Waals surface area contributed by atoms with Crippen molar-refractivity contribution >= 4 is 11.9 Å². The van der Waals surface area contributed by atoms with Gasteiger partial charge >= 0.3 is 5.97 Å². The van der Waals surface area contributed by atoms with Gasteiger partial charge in [0.2, 0.25) is 5.91 Å². The zero-order valence-electron chi connectivity index (χ0n) is 8.69. The minimum atomic E-state index is -1.24. The summed E-state index contributed by atoms with van der Waals surface area (Å²) in [5, 5.41) is 2.63. The lowest BCUT2D eigenvalue weighted by Crippen LogP contribution is -2.50. The minimum absolute atomic E-state index is 0.0435. The number of amides is 1. The smallest absolute Gasteiger partial charge is 0.332 e.